The van der Waals surface area contributed by atoms with Crippen molar-refractivity contribution >= 4 is 17.7 Å². The predicted octanol–water partition coefficient (Wildman–Crippen LogP) is 3.08. The van der Waals surface area contributed by atoms with Crippen LogP contribution in [0.5, 0.6) is 0 Å². The van der Waals surface area contributed by atoms with Crippen molar-refractivity contribution in [3.63, 3.8) is 0 Å². The molecule has 2 amide bonds. The Morgan fingerprint density at radius 1 is 1.36 bits per heavy atom. The number of esters is 1. The van der Waals surface area contributed by atoms with Gasteiger partial charge in [0, 0.05) is 11.6 Å². The molecule has 25 heavy (non-hydrogen) atoms. The van der Waals surface area contributed by atoms with Crippen LogP contribution in [0.2, 0.25) is 0 Å². The molecular formula is C19H27N3O3. The molecule has 0 bridgehead atoms. The fraction of sp³-hybridized carbons (Fsp3) is 0.526. The van der Waals surface area contributed by atoms with Crippen molar-refractivity contribution in [2.24, 2.45) is 16.3 Å². The van der Waals surface area contributed by atoms with E-state index in [4.69, 9.17) is 4.74 Å². The Bertz CT molecular complexity index is 657. The maximum absolute atomic E-state index is 12.1. The zero-order chi connectivity index (χ0) is 18.4. The number of hydrogen-bond donors (Lipinski definition) is 2. The van der Waals surface area contributed by atoms with E-state index in [1.165, 1.54) is 0 Å². The van der Waals surface area contributed by atoms with Gasteiger partial charge >= 0.3 is 12.0 Å². The molecular weight excluding hydrogens is 318 g/mol. The van der Waals surface area contributed by atoms with Crippen molar-refractivity contribution in [3.05, 3.63) is 35.7 Å². The minimum absolute atomic E-state index is 0.153. The molecule has 1 aliphatic heterocycles. The average molecular weight is 345 g/mol. The van der Waals surface area contributed by atoms with Gasteiger partial charge in [0.05, 0.1) is 23.4 Å². The predicted molar refractivity (Wildman–Crippen MR) is 98.1 cm³/mol. The molecule has 1 atom stereocenters. The lowest BCUT2D eigenvalue weighted by Crippen LogP contribution is -2.38. The van der Waals surface area contributed by atoms with E-state index < -0.39 is 5.41 Å². The maximum Gasteiger partial charge on any atom is 0.319 e. The van der Waals surface area contributed by atoms with E-state index in [9.17, 15) is 9.59 Å². The molecule has 2 rings (SSSR count). The SMILES string of the molecule is CCC(C)(C)C(=O)OCCNC(=O)NC1=C2N=C(C)C=CC2CC=C1. The van der Waals surface area contributed by atoms with Crippen LogP contribution in [0.15, 0.2) is 40.7 Å². The highest BCUT2D eigenvalue weighted by Gasteiger charge is 2.27. The van der Waals surface area contributed by atoms with Crippen LogP contribution in [0.1, 0.15) is 40.5 Å². The first kappa shape index (κ1) is 19.0. The van der Waals surface area contributed by atoms with Gasteiger partial charge in [0.25, 0.3) is 0 Å². The fourth-order valence-corrected chi connectivity index (χ4v) is 2.44. The Labute approximate surface area is 149 Å². The zero-order valence-corrected chi connectivity index (χ0v) is 15.4. The zero-order valence-electron chi connectivity index (χ0n) is 15.4. The molecule has 0 radical (unpaired) electrons. The highest BCUT2D eigenvalue weighted by Crippen LogP contribution is 2.29. The molecule has 136 valence electrons. The van der Waals surface area contributed by atoms with Gasteiger partial charge < -0.3 is 15.4 Å². The van der Waals surface area contributed by atoms with Crippen molar-refractivity contribution < 1.29 is 14.3 Å². The second-order valence-electron chi connectivity index (χ2n) is 6.91. The number of nitrogens with zero attached hydrogens (tertiary/aromatic N) is 1. The van der Waals surface area contributed by atoms with Crippen LogP contribution in [0.4, 0.5) is 4.79 Å². The smallest absolute Gasteiger partial charge is 0.319 e. The third-order valence-electron chi connectivity index (χ3n) is 4.47. The molecule has 2 N–H and O–H groups in total. The second-order valence-corrected chi connectivity index (χ2v) is 6.91. The lowest BCUT2D eigenvalue weighted by atomic mass is 9.91. The third kappa shape index (κ3) is 5.05. The van der Waals surface area contributed by atoms with Crippen LogP contribution in [-0.2, 0) is 9.53 Å². The second kappa shape index (κ2) is 8.14. The summed E-state index contributed by atoms with van der Waals surface area (Å²) in [6, 6.07) is -0.332. The molecule has 6 nitrogen and oxygen atoms in total. The number of urea groups is 1. The van der Waals surface area contributed by atoms with Crippen molar-refractivity contribution in [2.45, 2.75) is 40.5 Å². The van der Waals surface area contributed by atoms with E-state index in [2.05, 4.69) is 21.7 Å². The number of carbonyl (C=O) groups excluding carboxylic acids is 2. The van der Waals surface area contributed by atoms with E-state index in [1.807, 2.05) is 45.9 Å². The summed E-state index contributed by atoms with van der Waals surface area (Å²) in [6.45, 7) is 7.97. The van der Waals surface area contributed by atoms with E-state index in [-0.39, 0.29) is 31.1 Å². The van der Waals surface area contributed by atoms with Crippen LogP contribution in [0.3, 0.4) is 0 Å². The molecule has 0 fully saturated rings. The topological polar surface area (TPSA) is 79.8 Å². The normalized spacial score (nSPS) is 19.2. The summed E-state index contributed by atoms with van der Waals surface area (Å²) in [6.07, 6.45) is 9.61. The number of amides is 2. The number of ether oxygens (including phenoxy) is 1. The fourth-order valence-electron chi connectivity index (χ4n) is 2.44. The van der Waals surface area contributed by atoms with Gasteiger partial charge in [-0.15, -0.1) is 0 Å². The third-order valence-corrected chi connectivity index (χ3v) is 4.47. The first-order chi connectivity index (χ1) is 11.8. The highest BCUT2D eigenvalue weighted by atomic mass is 16.5. The standard InChI is InChI=1S/C19H27N3O3/c1-5-19(3,4)17(23)25-12-11-20-18(24)22-15-8-6-7-14-10-9-13(2)21-16(14)15/h6,8-10,14H,5,7,11-12H2,1-4H3,(H2,20,22,24). The van der Waals surface area contributed by atoms with Gasteiger partial charge in [-0.2, -0.15) is 0 Å². The summed E-state index contributed by atoms with van der Waals surface area (Å²) in [7, 11) is 0. The number of nitrogens with one attached hydrogen (secondary N) is 2. The molecule has 2 aliphatic rings. The summed E-state index contributed by atoms with van der Waals surface area (Å²) in [5.74, 6) is -0.0415. The van der Waals surface area contributed by atoms with Crippen molar-refractivity contribution in [1.29, 1.82) is 0 Å². The Kier molecular flexibility index (Phi) is 6.17. The quantitative estimate of drug-likeness (QED) is 0.573. The molecule has 0 saturated carbocycles. The van der Waals surface area contributed by atoms with Crippen LogP contribution < -0.4 is 10.6 Å². The molecule has 0 spiro atoms. The summed E-state index contributed by atoms with van der Waals surface area (Å²) in [4.78, 5) is 28.5. The molecule has 0 aromatic heterocycles. The van der Waals surface area contributed by atoms with Gasteiger partial charge in [-0.1, -0.05) is 19.1 Å². The number of dihydropyridines is 1. The van der Waals surface area contributed by atoms with Gasteiger partial charge in [0.2, 0.25) is 0 Å². The van der Waals surface area contributed by atoms with E-state index in [0.717, 1.165) is 17.8 Å². The molecule has 6 heteroatoms. The lowest BCUT2D eigenvalue weighted by Gasteiger charge is -2.23. The summed E-state index contributed by atoms with van der Waals surface area (Å²) in [5.41, 5.74) is 2.02. The first-order valence-electron chi connectivity index (χ1n) is 8.69. The molecule has 0 saturated heterocycles. The van der Waals surface area contributed by atoms with Crippen molar-refractivity contribution in [2.75, 3.05) is 13.2 Å². The van der Waals surface area contributed by atoms with Crippen LogP contribution >= 0.6 is 0 Å². The van der Waals surface area contributed by atoms with Gasteiger partial charge in [-0.25, -0.2) is 4.79 Å². The van der Waals surface area contributed by atoms with E-state index in [1.54, 1.807) is 0 Å². The molecule has 1 aliphatic carbocycles. The summed E-state index contributed by atoms with van der Waals surface area (Å²) >= 11 is 0. The van der Waals surface area contributed by atoms with Crippen molar-refractivity contribution in [1.82, 2.24) is 10.6 Å². The molecule has 1 heterocycles. The minimum atomic E-state index is -0.499. The summed E-state index contributed by atoms with van der Waals surface area (Å²) in [5, 5.41) is 5.53. The minimum Gasteiger partial charge on any atom is -0.463 e. The number of rotatable bonds is 6. The molecule has 0 aromatic carbocycles. The van der Waals surface area contributed by atoms with Gasteiger partial charge in [-0.3, -0.25) is 9.79 Å². The Morgan fingerprint density at radius 3 is 2.84 bits per heavy atom. The van der Waals surface area contributed by atoms with E-state index >= 15 is 0 Å². The van der Waals surface area contributed by atoms with Crippen LogP contribution in [0, 0.1) is 11.3 Å². The average Bonchev–Trinajstić information content (AvgIpc) is 2.59. The first-order valence-corrected chi connectivity index (χ1v) is 8.69. The Morgan fingerprint density at radius 2 is 2.12 bits per heavy atom. The monoisotopic (exact) mass is 345 g/mol. The molecule has 0 aromatic rings. The van der Waals surface area contributed by atoms with Crippen molar-refractivity contribution in [3.8, 4) is 0 Å². The number of carbonyl (C=O) groups is 2. The van der Waals surface area contributed by atoms with Crippen LogP contribution in [0.25, 0.3) is 0 Å². The lowest BCUT2D eigenvalue weighted by molar-refractivity contribution is -0.153. The largest absolute Gasteiger partial charge is 0.463 e. The van der Waals surface area contributed by atoms with E-state index in [0.29, 0.717) is 12.1 Å². The maximum atomic E-state index is 12.1. The van der Waals surface area contributed by atoms with Crippen LogP contribution in [-0.4, -0.2) is 30.9 Å². The van der Waals surface area contributed by atoms with Gasteiger partial charge in [0.15, 0.2) is 0 Å². The van der Waals surface area contributed by atoms with Gasteiger partial charge in [0.1, 0.15) is 6.61 Å². The Balaban J connectivity index is 1.82. The number of allylic oxidation sites excluding steroid dienone is 4. The summed E-state index contributed by atoms with van der Waals surface area (Å²) < 4.78 is 5.20. The highest BCUT2D eigenvalue weighted by molar-refractivity contribution is 5.94. The molecule has 1 unspecified atom stereocenters. The van der Waals surface area contributed by atoms with Gasteiger partial charge in [-0.05, 0) is 45.8 Å². The number of hydrogen-bond acceptors (Lipinski definition) is 4. The number of aliphatic imine (C=N–C) groups is 1. The number of fused-ring (bicyclic) bond motifs is 1. The Hall–Kier alpha value is -2.37.